The van der Waals surface area contributed by atoms with E-state index in [9.17, 15) is 14.4 Å². The number of anilines is 1. The minimum atomic E-state index is -0.641. The highest BCUT2D eigenvalue weighted by molar-refractivity contribution is 5.98. The second-order valence-corrected chi connectivity index (χ2v) is 9.65. The third-order valence-electron chi connectivity index (χ3n) is 6.96. The zero-order chi connectivity index (χ0) is 24.5. The van der Waals surface area contributed by atoms with Crippen LogP contribution in [0.3, 0.4) is 0 Å². The van der Waals surface area contributed by atoms with Crippen LogP contribution >= 0.6 is 0 Å². The molecule has 1 N–H and O–H groups in total. The van der Waals surface area contributed by atoms with Crippen molar-refractivity contribution in [3.05, 3.63) is 59.9 Å². The third kappa shape index (κ3) is 4.36. The Morgan fingerprint density at radius 3 is 2.38 bits per heavy atom. The zero-order valence-corrected chi connectivity index (χ0v) is 20.3. The summed E-state index contributed by atoms with van der Waals surface area (Å²) in [6.45, 7) is 7.15. The Kier molecular flexibility index (Phi) is 6.59. The van der Waals surface area contributed by atoms with Gasteiger partial charge in [0, 0.05) is 43.3 Å². The van der Waals surface area contributed by atoms with Crippen LogP contribution < -0.4 is 10.2 Å². The van der Waals surface area contributed by atoms with E-state index in [0.29, 0.717) is 38.2 Å². The molecule has 1 atom stereocenters. The molecule has 2 aliphatic rings. The number of aromatic nitrogens is 1. The normalized spacial score (nSPS) is 18.5. The summed E-state index contributed by atoms with van der Waals surface area (Å²) in [5, 5.41) is 2.93. The Labute approximate surface area is 200 Å². The van der Waals surface area contributed by atoms with E-state index in [-0.39, 0.29) is 23.6 Å². The van der Waals surface area contributed by atoms with Gasteiger partial charge < -0.3 is 20.0 Å². The summed E-state index contributed by atoms with van der Waals surface area (Å²) in [5.41, 5.74) is 1.61. The number of carbonyl (C=O) groups excluding carboxylic acids is 3. The maximum absolute atomic E-state index is 13.5. The topological polar surface area (TPSA) is 85.8 Å². The lowest BCUT2D eigenvalue weighted by Crippen LogP contribution is -2.60. The van der Waals surface area contributed by atoms with Crippen molar-refractivity contribution in [3.63, 3.8) is 0 Å². The molecular formula is C26H33N5O3. The lowest BCUT2D eigenvalue weighted by Gasteiger charge is -2.44. The number of amides is 3. The molecule has 2 aliphatic heterocycles. The number of para-hydroxylation sites is 1. The van der Waals surface area contributed by atoms with Crippen LogP contribution in [0, 0.1) is 12.8 Å². The highest BCUT2D eigenvalue weighted by Gasteiger charge is 2.53. The van der Waals surface area contributed by atoms with Crippen molar-refractivity contribution in [1.82, 2.24) is 20.1 Å². The van der Waals surface area contributed by atoms with E-state index < -0.39 is 11.6 Å². The maximum Gasteiger partial charge on any atom is 0.252 e. The van der Waals surface area contributed by atoms with Gasteiger partial charge in [-0.15, -0.1) is 0 Å². The standard InChI is InChI=1S/C26H33N5O3/c1-18(2)22(28-23(32)20-10-13-27-19(3)16-20)24(33)30-14-11-26(12-15-30)25(34)29(4)17-31(26)21-8-6-5-7-9-21/h5-10,13,16,18,22H,11-12,14-15,17H2,1-4H3,(H,28,32)/t22-/m1/s1. The molecule has 8 heteroatoms. The van der Waals surface area contributed by atoms with Crippen molar-refractivity contribution in [2.45, 2.75) is 45.2 Å². The Bertz CT molecular complexity index is 1060. The Hall–Kier alpha value is -3.42. The minimum absolute atomic E-state index is 0.0738. The van der Waals surface area contributed by atoms with Crippen molar-refractivity contribution in [2.24, 2.45) is 5.92 Å². The Morgan fingerprint density at radius 2 is 1.76 bits per heavy atom. The molecule has 1 spiro atoms. The van der Waals surface area contributed by atoms with E-state index in [0.717, 1.165) is 11.4 Å². The number of aryl methyl sites for hydroxylation is 1. The first-order valence-corrected chi connectivity index (χ1v) is 11.8. The van der Waals surface area contributed by atoms with E-state index in [4.69, 9.17) is 0 Å². The van der Waals surface area contributed by atoms with Gasteiger partial charge in [0.25, 0.3) is 5.91 Å². The molecule has 2 aromatic rings. The van der Waals surface area contributed by atoms with Gasteiger partial charge in [0.1, 0.15) is 11.6 Å². The lowest BCUT2D eigenvalue weighted by molar-refractivity contribution is -0.139. The molecule has 0 bridgehead atoms. The van der Waals surface area contributed by atoms with Gasteiger partial charge in [-0.05, 0) is 49.9 Å². The Morgan fingerprint density at radius 1 is 1.09 bits per heavy atom. The molecule has 1 aromatic heterocycles. The summed E-state index contributed by atoms with van der Waals surface area (Å²) in [5.74, 6) is -0.358. The van der Waals surface area contributed by atoms with E-state index in [1.165, 1.54) is 0 Å². The third-order valence-corrected chi connectivity index (χ3v) is 6.96. The number of hydrogen-bond donors (Lipinski definition) is 1. The molecule has 8 nitrogen and oxygen atoms in total. The van der Waals surface area contributed by atoms with Crippen LogP contribution in [-0.2, 0) is 9.59 Å². The van der Waals surface area contributed by atoms with Gasteiger partial charge in [-0.1, -0.05) is 32.0 Å². The van der Waals surface area contributed by atoms with Crippen LogP contribution in [0.1, 0.15) is 42.7 Å². The smallest absolute Gasteiger partial charge is 0.252 e. The van der Waals surface area contributed by atoms with Crippen LogP contribution in [0.4, 0.5) is 5.69 Å². The number of rotatable bonds is 5. The first-order chi connectivity index (χ1) is 16.2. The molecule has 3 heterocycles. The number of likely N-dealkylation sites (tertiary alicyclic amines) is 1. The van der Waals surface area contributed by atoms with Crippen molar-refractivity contribution in [1.29, 1.82) is 0 Å². The van der Waals surface area contributed by atoms with Gasteiger partial charge in [0.2, 0.25) is 11.8 Å². The average Bonchev–Trinajstić information content (AvgIpc) is 3.07. The number of nitrogens with zero attached hydrogens (tertiary/aromatic N) is 4. The van der Waals surface area contributed by atoms with Crippen molar-refractivity contribution in [2.75, 3.05) is 31.7 Å². The summed E-state index contributed by atoms with van der Waals surface area (Å²) in [7, 11) is 1.83. The first-order valence-electron chi connectivity index (χ1n) is 11.8. The highest BCUT2D eigenvalue weighted by atomic mass is 16.2. The van der Waals surface area contributed by atoms with Crippen LogP contribution in [0.2, 0.25) is 0 Å². The van der Waals surface area contributed by atoms with Crippen LogP contribution in [0.5, 0.6) is 0 Å². The van der Waals surface area contributed by atoms with Crippen LogP contribution in [0.25, 0.3) is 0 Å². The number of piperidine rings is 1. The summed E-state index contributed by atoms with van der Waals surface area (Å²) in [6, 6.07) is 12.7. The molecule has 2 fully saturated rings. The van der Waals surface area contributed by atoms with Crippen molar-refractivity contribution >= 4 is 23.4 Å². The van der Waals surface area contributed by atoms with Crippen molar-refractivity contribution < 1.29 is 14.4 Å². The highest BCUT2D eigenvalue weighted by Crippen LogP contribution is 2.39. The second-order valence-electron chi connectivity index (χ2n) is 9.65. The largest absolute Gasteiger partial charge is 0.341 e. The number of carbonyl (C=O) groups is 3. The number of hydrogen-bond acceptors (Lipinski definition) is 5. The molecule has 4 rings (SSSR count). The predicted octanol–water partition coefficient (Wildman–Crippen LogP) is 2.44. The zero-order valence-electron chi connectivity index (χ0n) is 20.3. The summed E-state index contributed by atoms with van der Waals surface area (Å²) < 4.78 is 0. The minimum Gasteiger partial charge on any atom is -0.341 e. The van der Waals surface area contributed by atoms with E-state index in [1.54, 1.807) is 28.1 Å². The number of likely N-dealkylation sites (N-methyl/N-ethyl adjacent to an activating group) is 1. The molecular weight excluding hydrogens is 430 g/mol. The number of pyridine rings is 1. The molecule has 180 valence electrons. The maximum atomic E-state index is 13.5. The first kappa shape index (κ1) is 23.7. The summed E-state index contributed by atoms with van der Waals surface area (Å²) >= 11 is 0. The predicted molar refractivity (Wildman–Crippen MR) is 130 cm³/mol. The molecule has 2 saturated heterocycles. The quantitative estimate of drug-likeness (QED) is 0.736. The molecule has 0 aliphatic carbocycles. The van der Waals surface area contributed by atoms with Gasteiger partial charge in [0.05, 0.1) is 6.67 Å². The second kappa shape index (κ2) is 9.44. The fourth-order valence-corrected chi connectivity index (χ4v) is 5.02. The molecule has 34 heavy (non-hydrogen) atoms. The summed E-state index contributed by atoms with van der Waals surface area (Å²) in [6.07, 6.45) is 2.70. The monoisotopic (exact) mass is 463 g/mol. The van der Waals surface area contributed by atoms with Crippen LogP contribution in [-0.4, -0.2) is 70.9 Å². The van der Waals surface area contributed by atoms with E-state index in [1.807, 2.05) is 58.2 Å². The van der Waals surface area contributed by atoms with Gasteiger partial charge in [-0.25, -0.2) is 0 Å². The number of nitrogens with one attached hydrogen (secondary N) is 1. The van der Waals surface area contributed by atoms with E-state index in [2.05, 4.69) is 15.2 Å². The van der Waals surface area contributed by atoms with Gasteiger partial charge in [-0.3, -0.25) is 19.4 Å². The SMILES string of the molecule is Cc1cc(C(=O)N[C@@H](C(=O)N2CCC3(CC2)C(=O)N(C)CN3c2ccccc2)C(C)C)ccn1. The molecule has 3 amide bonds. The average molecular weight is 464 g/mol. The van der Waals surface area contributed by atoms with Gasteiger partial charge in [-0.2, -0.15) is 0 Å². The lowest BCUT2D eigenvalue weighted by atomic mass is 9.85. The van der Waals surface area contributed by atoms with Gasteiger partial charge in [0.15, 0.2) is 0 Å². The van der Waals surface area contributed by atoms with Crippen LogP contribution in [0.15, 0.2) is 48.7 Å². The van der Waals surface area contributed by atoms with E-state index >= 15 is 0 Å². The molecule has 1 aromatic carbocycles. The fraction of sp³-hybridized carbons (Fsp3) is 0.462. The molecule has 0 unspecified atom stereocenters. The fourth-order valence-electron chi connectivity index (χ4n) is 5.02. The molecule has 0 saturated carbocycles. The Balaban J connectivity index is 1.48. The van der Waals surface area contributed by atoms with Crippen molar-refractivity contribution in [3.8, 4) is 0 Å². The summed E-state index contributed by atoms with van der Waals surface area (Å²) in [4.78, 5) is 49.4. The van der Waals surface area contributed by atoms with Gasteiger partial charge >= 0.3 is 0 Å². The number of benzene rings is 1. The molecule has 0 radical (unpaired) electrons.